The second-order valence-electron chi connectivity index (χ2n) is 2.49. The lowest BCUT2D eigenvalue weighted by molar-refractivity contribution is 0.257. The van der Waals surface area contributed by atoms with Gasteiger partial charge in [0, 0.05) is 6.42 Å². The zero-order valence-corrected chi connectivity index (χ0v) is 6.67. The Morgan fingerprint density at radius 3 is 3.00 bits per heavy atom. The summed E-state index contributed by atoms with van der Waals surface area (Å²) in [6.45, 7) is 0. The highest BCUT2D eigenvalue weighted by molar-refractivity contribution is 5.41. The number of rotatable bonds is 1. The first-order valence-electron chi connectivity index (χ1n) is 3.49. The molecule has 0 aromatic heterocycles. The van der Waals surface area contributed by atoms with Crippen LogP contribution in [-0.2, 0) is 4.74 Å². The molecule has 64 valence electrons. The monoisotopic (exact) mass is 168 g/mol. The minimum absolute atomic E-state index is 0.00792. The van der Waals surface area contributed by atoms with Crippen molar-refractivity contribution in [3.05, 3.63) is 23.2 Å². The fourth-order valence-electron chi connectivity index (χ4n) is 1.03. The molecule has 0 bridgehead atoms. The lowest BCUT2D eigenvalue weighted by Crippen LogP contribution is -2.26. The molecule has 0 saturated heterocycles. The summed E-state index contributed by atoms with van der Waals surface area (Å²) >= 11 is 0. The molecule has 0 aromatic carbocycles. The maximum absolute atomic E-state index is 12.9. The van der Waals surface area contributed by atoms with Crippen molar-refractivity contribution in [2.75, 3.05) is 7.11 Å². The fraction of sp³-hybridized carbons (Fsp3) is 0.375. The Hall–Kier alpha value is -1.34. The van der Waals surface area contributed by atoms with E-state index in [0.29, 0.717) is 5.76 Å². The van der Waals surface area contributed by atoms with Gasteiger partial charge in [-0.25, -0.2) is 4.39 Å². The summed E-state index contributed by atoms with van der Waals surface area (Å²) in [5, 5.41) is 8.47. The molecule has 2 N–H and O–H groups in total. The van der Waals surface area contributed by atoms with Gasteiger partial charge in [0.1, 0.15) is 17.7 Å². The van der Waals surface area contributed by atoms with Crippen LogP contribution >= 0.6 is 0 Å². The van der Waals surface area contributed by atoms with Gasteiger partial charge in [0.15, 0.2) is 0 Å². The molecule has 0 aliphatic heterocycles. The molecule has 1 atom stereocenters. The van der Waals surface area contributed by atoms with Crippen LogP contribution in [0, 0.1) is 11.3 Å². The minimum Gasteiger partial charge on any atom is -0.499 e. The summed E-state index contributed by atoms with van der Waals surface area (Å²) in [5.74, 6) is -0.0150. The van der Waals surface area contributed by atoms with Gasteiger partial charge >= 0.3 is 0 Å². The first-order valence-corrected chi connectivity index (χ1v) is 3.49. The SMILES string of the molecule is COC1=CC(C#N)=C(F)CC1N. The number of ether oxygens (including phenoxy) is 1. The van der Waals surface area contributed by atoms with Crippen LogP contribution in [0.3, 0.4) is 0 Å². The second-order valence-corrected chi connectivity index (χ2v) is 2.49. The molecule has 0 spiro atoms. The van der Waals surface area contributed by atoms with Crippen LogP contribution in [0.1, 0.15) is 6.42 Å². The molecule has 0 saturated carbocycles. The van der Waals surface area contributed by atoms with Crippen molar-refractivity contribution in [3.8, 4) is 6.07 Å². The number of allylic oxidation sites excluding steroid dienone is 2. The van der Waals surface area contributed by atoms with E-state index in [4.69, 9.17) is 15.7 Å². The number of methoxy groups -OCH3 is 1. The third-order valence-corrected chi connectivity index (χ3v) is 1.70. The van der Waals surface area contributed by atoms with Gasteiger partial charge in [0.2, 0.25) is 0 Å². The van der Waals surface area contributed by atoms with Gasteiger partial charge in [-0.1, -0.05) is 0 Å². The van der Waals surface area contributed by atoms with E-state index in [1.54, 1.807) is 6.07 Å². The van der Waals surface area contributed by atoms with E-state index >= 15 is 0 Å². The number of hydrogen-bond acceptors (Lipinski definition) is 3. The van der Waals surface area contributed by atoms with E-state index in [9.17, 15) is 4.39 Å². The van der Waals surface area contributed by atoms with Crippen molar-refractivity contribution in [1.29, 1.82) is 5.26 Å². The average Bonchev–Trinajstić information content (AvgIpc) is 2.05. The van der Waals surface area contributed by atoms with Crippen molar-refractivity contribution in [2.24, 2.45) is 5.73 Å². The molecule has 0 radical (unpaired) electrons. The minimum atomic E-state index is -0.467. The van der Waals surface area contributed by atoms with E-state index in [0.717, 1.165) is 0 Å². The lowest BCUT2D eigenvalue weighted by atomic mass is 10.0. The lowest BCUT2D eigenvalue weighted by Gasteiger charge is -2.17. The van der Waals surface area contributed by atoms with Gasteiger partial charge < -0.3 is 10.5 Å². The molecule has 3 nitrogen and oxygen atoms in total. The third kappa shape index (κ3) is 1.46. The largest absolute Gasteiger partial charge is 0.499 e. The third-order valence-electron chi connectivity index (χ3n) is 1.70. The summed E-state index contributed by atoms with van der Waals surface area (Å²) < 4.78 is 17.8. The Bertz CT molecular complexity index is 288. The van der Waals surface area contributed by atoms with Crippen molar-refractivity contribution in [2.45, 2.75) is 12.5 Å². The van der Waals surface area contributed by atoms with Crippen molar-refractivity contribution in [1.82, 2.24) is 0 Å². The molecular formula is C8H9FN2O. The first-order chi connectivity index (χ1) is 5.69. The summed E-state index contributed by atoms with van der Waals surface area (Å²) in [4.78, 5) is 0. The van der Waals surface area contributed by atoms with E-state index in [-0.39, 0.29) is 12.0 Å². The normalized spacial score (nSPS) is 23.2. The summed E-state index contributed by atoms with van der Waals surface area (Å²) in [6.07, 6.45) is 1.38. The topological polar surface area (TPSA) is 59.0 Å². The zero-order chi connectivity index (χ0) is 9.14. The predicted octanol–water partition coefficient (Wildman–Crippen LogP) is 0.995. The van der Waals surface area contributed by atoms with Gasteiger partial charge in [0.25, 0.3) is 0 Å². The Labute approximate surface area is 69.9 Å². The number of nitrogens with zero attached hydrogens (tertiary/aromatic N) is 1. The van der Waals surface area contributed by atoms with Gasteiger partial charge in [-0.2, -0.15) is 5.26 Å². The molecule has 0 fully saturated rings. The molecule has 0 heterocycles. The van der Waals surface area contributed by atoms with Crippen LogP contribution in [-0.4, -0.2) is 13.2 Å². The first kappa shape index (κ1) is 8.75. The highest BCUT2D eigenvalue weighted by Crippen LogP contribution is 2.23. The smallest absolute Gasteiger partial charge is 0.120 e. The molecule has 1 aliphatic carbocycles. The Morgan fingerprint density at radius 2 is 2.50 bits per heavy atom. The molecule has 0 aromatic rings. The van der Waals surface area contributed by atoms with Gasteiger partial charge in [-0.15, -0.1) is 0 Å². The maximum atomic E-state index is 12.9. The highest BCUT2D eigenvalue weighted by atomic mass is 19.1. The van der Waals surface area contributed by atoms with Crippen LogP contribution < -0.4 is 5.73 Å². The van der Waals surface area contributed by atoms with E-state index in [1.807, 2.05) is 0 Å². The van der Waals surface area contributed by atoms with Crippen LogP contribution in [0.4, 0.5) is 4.39 Å². The predicted molar refractivity (Wildman–Crippen MR) is 41.4 cm³/mol. The Kier molecular flexibility index (Phi) is 2.46. The molecule has 1 aliphatic rings. The van der Waals surface area contributed by atoms with Crippen LogP contribution in [0.2, 0.25) is 0 Å². The van der Waals surface area contributed by atoms with Crippen molar-refractivity contribution in [3.63, 3.8) is 0 Å². The number of hydrogen-bond donors (Lipinski definition) is 1. The molecule has 4 heteroatoms. The van der Waals surface area contributed by atoms with Gasteiger partial charge in [-0.05, 0) is 6.08 Å². The highest BCUT2D eigenvalue weighted by Gasteiger charge is 2.20. The van der Waals surface area contributed by atoms with E-state index in [1.165, 1.54) is 13.2 Å². The summed E-state index contributed by atoms with van der Waals surface area (Å²) in [5.41, 5.74) is 5.53. The van der Waals surface area contributed by atoms with Crippen LogP contribution in [0.25, 0.3) is 0 Å². The van der Waals surface area contributed by atoms with Gasteiger partial charge in [-0.3, -0.25) is 0 Å². The standard InChI is InChI=1S/C8H9FN2O/c1-12-8-2-5(4-10)6(9)3-7(8)11/h2,7H,3,11H2,1H3. The van der Waals surface area contributed by atoms with Gasteiger partial charge in [0.05, 0.1) is 18.7 Å². The number of halogens is 1. The zero-order valence-electron chi connectivity index (χ0n) is 6.67. The van der Waals surface area contributed by atoms with Crippen molar-refractivity contribution < 1.29 is 9.13 Å². The van der Waals surface area contributed by atoms with E-state index in [2.05, 4.69) is 0 Å². The Morgan fingerprint density at radius 1 is 1.83 bits per heavy atom. The number of nitrogens with two attached hydrogens (primary N) is 1. The van der Waals surface area contributed by atoms with Crippen LogP contribution in [0.15, 0.2) is 23.2 Å². The molecule has 0 amide bonds. The quantitative estimate of drug-likeness (QED) is 0.635. The average molecular weight is 168 g/mol. The Balaban J connectivity index is 2.98. The second kappa shape index (κ2) is 3.37. The van der Waals surface area contributed by atoms with Crippen molar-refractivity contribution >= 4 is 0 Å². The number of nitriles is 1. The van der Waals surface area contributed by atoms with E-state index < -0.39 is 11.9 Å². The fourth-order valence-corrected chi connectivity index (χ4v) is 1.03. The maximum Gasteiger partial charge on any atom is 0.120 e. The molecule has 1 rings (SSSR count). The summed E-state index contributed by atoms with van der Waals surface area (Å²) in [7, 11) is 1.45. The molecule has 1 unspecified atom stereocenters. The molecule has 12 heavy (non-hydrogen) atoms. The molecular weight excluding hydrogens is 159 g/mol. The van der Waals surface area contributed by atoms with Crippen LogP contribution in [0.5, 0.6) is 0 Å². The summed E-state index contributed by atoms with van der Waals surface area (Å²) in [6, 6.07) is 1.27.